The zero-order valence-electron chi connectivity index (χ0n) is 10.1. The molecule has 1 amide bonds. The molecule has 0 radical (unpaired) electrons. The quantitative estimate of drug-likeness (QED) is 0.832. The van der Waals surface area contributed by atoms with Gasteiger partial charge in [-0.3, -0.25) is 4.79 Å². The monoisotopic (exact) mass is 353 g/mol. The first-order valence-corrected chi connectivity index (χ1v) is 6.70. The number of carbonyl (C=O) groups excluding carboxylic acids is 1. The lowest BCUT2D eigenvalue weighted by molar-refractivity contribution is 0.102. The number of hydrogen-bond acceptors (Lipinski definition) is 3. The van der Waals surface area contributed by atoms with Crippen molar-refractivity contribution in [3.63, 3.8) is 0 Å². The van der Waals surface area contributed by atoms with Gasteiger partial charge >= 0.3 is 0 Å². The number of pyridine rings is 1. The number of amides is 1. The van der Waals surface area contributed by atoms with Crippen molar-refractivity contribution in [3.05, 3.63) is 58.1 Å². The Bertz CT molecular complexity index is 676. The van der Waals surface area contributed by atoms with Crippen LogP contribution >= 0.6 is 28.1 Å². The summed E-state index contributed by atoms with van der Waals surface area (Å²) < 4.78 is 13.9. The summed E-state index contributed by atoms with van der Waals surface area (Å²) in [5.41, 5.74) is 6.35. The van der Waals surface area contributed by atoms with Gasteiger partial charge in [-0.1, -0.05) is 12.2 Å². The van der Waals surface area contributed by atoms with E-state index in [2.05, 4.69) is 26.2 Å². The van der Waals surface area contributed by atoms with Crippen molar-refractivity contribution in [2.45, 2.75) is 0 Å². The number of carbonyl (C=O) groups is 1. The molecule has 0 bridgehead atoms. The Hall–Kier alpha value is -1.86. The van der Waals surface area contributed by atoms with Crippen LogP contribution in [0.1, 0.15) is 16.1 Å². The Morgan fingerprint density at radius 3 is 2.70 bits per heavy atom. The molecule has 0 fully saturated rings. The molecular formula is C13H9BrFN3OS. The van der Waals surface area contributed by atoms with E-state index in [0.29, 0.717) is 5.69 Å². The maximum absolute atomic E-state index is 13.2. The minimum absolute atomic E-state index is 0.00330. The molecule has 0 unspecified atom stereocenters. The molecule has 3 N–H and O–H groups in total. The average molecular weight is 354 g/mol. The van der Waals surface area contributed by atoms with Gasteiger partial charge in [-0.15, -0.1) is 0 Å². The van der Waals surface area contributed by atoms with Gasteiger partial charge in [-0.2, -0.15) is 0 Å². The van der Waals surface area contributed by atoms with Crippen LogP contribution in [0.3, 0.4) is 0 Å². The van der Waals surface area contributed by atoms with Crippen LogP contribution in [0, 0.1) is 5.82 Å². The lowest BCUT2D eigenvalue weighted by atomic mass is 10.1. The number of aromatic nitrogens is 1. The first-order valence-electron chi connectivity index (χ1n) is 5.49. The Morgan fingerprint density at radius 1 is 1.35 bits per heavy atom. The van der Waals surface area contributed by atoms with E-state index in [-0.39, 0.29) is 16.2 Å². The van der Waals surface area contributed by atoms with Gasteiger partial charge in [-0.25, -0.2) is 9.37 Å². The Labute approximate surface area is 128 Å². The third-order valence-corrected chi connectivity index (χ3v) is 3.14. The molecule has 4 nitrogen and oxygen atoms in total. The number of nitrogens with zero attached hydrogens (tertiary/aromatic N) is 1. The van der Waals surface area contributed by atoms with E-state index in [9.17, 15) is 9.18 Å². The van der Waals surface area contributed by atoms with Crippen LogP contribution in [0.5, 0.6) is 0 Å². The zero-order valence-corrected chi connectivity index (χ0v) is 12.5. The smallest absolute Gasteiger partial charge is 0.274 e. The van der Waals surface area contributed by atoms with Crippen LogP contribution < -0.4 is 11.1 Å². The molecule has 0 aliphatic heterocycles. The van der Waals surface area contributed by atoms with Crippen LogP contribution in [0.15, 0.2) is 41.0 Å². The summed E-state index contributed by atoms with van der Waals surface area (Å²) in [6, 6.07) is 7.05. The fourth-order valence-corrected chi connectivity index (χ4v) is 1.93. The summed E-state index contributed by atoms with van der Waals surface area (Å²) in [4.78, 5) is 16.0. The molecule has 0 spiro atoms. The number of nitrogens with two attached hydrogens (primary N) is 1. The van der Waals surface area contributed by atoms with Crippen LogP contribution in [-0.4, -0.2) is 15.9 Å². The number of thiocarbonyl (C=S) groups is 1. The van der Waals surface area contributed by atoms with E-state index >= 15 is 0 Å². The summed E-state index contributed by atoms with van der Waals surface area (Å²) in [5.74, 6) is -0.908. The molecular weight excluding hydrogens is 345 g/mol. The third kappa shape index (κ3) is 3.37. The van der Waals surface area contributed by atoms with Crippen LogP contribution in [0.2, 0.25) is 0 Å². The van der Waals surface area contributed by atoms with Gasteiger partial charge in [0.1, 0.15) is 16.5 Å². The van der Waals surface area contributed by atoms with Crippen molar-refractivity contribution < 1.29 is 9.18 Å². The second-order valence-corrected chi connectivity index (χ2v) is 5.23. The lowest BCUT2D eigenvalue weighted by Crippen LogP contribution is -2.18. The standard InChI is InChI=1S/C13H9BrFN3OS/c14-7-1-3-11(17-6-7)13(19)18-10-4-2-8(15)5-9(10)12(16)20/h1-6H,(H2,16,20)(H,18,19). The highest BCUT2D eigenvalue weighted by Crippen LogP contribution is 2.18. The molecule has 1 aromatic carbocycles. The molecule has 1 heterocycles. The number of hydrogen-bond donors (Lipinski definition) is 2. The van der Waals surface area contributed by atoms with E-state index in [1.165, 1.54) is 24.4 Å². The Kier molecular flexibility index (Phi) is 4.41. The van der Waals surface area contributed by atoms with Crippen molar-refractivity contribution in [3.8, 4) is 0 Å². The second-order valence-electron chi connectivity index (χ2n) is 3.87. The van der Waals surface area contributed by atoms with E-state index < -0.39 is 11.7 Å². The van der Waals surface area contributed by atoms with Crippen LogP contribution in [0.25, 0.3) is 0 Å². The second kappa shape index (κ2) is 6.06. The van der Waals surface area contributed by atoms with E-state index in [1.807, 2.05) is 0 Å². The van der Waals surface area contributed by atoms with E-state index in [4.69, 9.17) is 18.0 Å². The van der Waals surface area contributed by atoms with Gasteiger partial charge < -0.3 is 11.1 Å². The summed E-state index contributed by atoms with van der Waals surface area (Å²) in [6.45, 7) is 0. The summed E-state index contributed by atoms with van der Waals surface area (Å²) in [6.07, 6.45) is 1.51. The molecule has 102 valence electrons. The van der Waals surface area contributed by atoms with E-state index in [1.54, 1.807) is 12.1 Å². The van der Waals surface area contributed by atoms with Gasteiger partial charge in [0.05, 0.1) is 5.69 Å². The predicted molar refractivity (Wildman–Crippen MR) is 82.2 cm³/mol. The van der Waals surface area contributed by atoms with Gasteiger partial charge in [-0.05, 0) is 46.3 Å². The average Bonchev–Trinajstić information content (AvgIpc) is 2.41. The molecule has 7 heteroatoms. The maximum atomic E-state index is 13.2. The molecule has 0 aliphatic carbocycles. The third-order valence-electron chi connectivity index (χ3n) is 2.46. The fraction of sp³-hybridized carbons (Fsp3) is 0. The number of benzene rings is 1. The summed E-state index contributed by atoms with van der Waals surface area (Å²) in [7, 11) is 0. The van der Waals surface area contributed by atoms with E-state index in [0.717, 1.165) is 4.47 Å². The van der Waals surface area contributed by atoms with Crippen molar-refractivity contribution in [2.24, 2.45) is 5.73 Å². The number of halogens is 2. The normalized spacial score (nSPS) is 10.1. The molecule has 2 aromatic rings. The highest BCUT2D eigenvalue weighted by Gasteiger charge is 2.12. The summed E-state index contributed by atoms with van der Waals surface area (Å²) in [5, 5.41) is 2.60. The molecule has 2 rings (SSSR count). The predicted octanol–water partition coefficient (Wildman–Crippen LogP) is 2.87. The fourth-order valence-electron chi connectivity index (χ4n) is 1.53. The minimum atomic E-state index is -0.479. The molecule has 20 heavy (non-hydrogen) atoms. The van der Waals surface area contributed by atoms with Gasteiger partial charge in [0.25, 0.3) is 5.91 Å². The first-order chi connectivity index (χ1) is 9.47. The van der Waals surface area contributed by atoms with Crippen molar-refractivity contribution in [2.75, 3.05) is 5.32 Å². The number of nitrogens with one attached hydrogen (secondary N) is 1. The number of anilines is 1. The number of rotatable bonds is 3. The highest BCUT2D eigenvalue weighted by molar-refractivity contribution is 9.10. The van der Waals surface area contributed by atoms with Crippen LogP contribution in [0.4, 0.5) is 10.1 Å². The van der Waals surface area contributed by atoms with Crippen molar-refractivity contribution >= 4 is 44.7 Å². The Morgan fingerprint density at radius 2 is 2.10 bits per heavy atom. The SMILES string of the molecule is NC(=S)c1cc(F)ccc1NC(=O)c1ccc(Br)cn1. The molecule has 0 aliphatic rings. The topological polar surface area (TPSA) is 68.0 Å². The van der Waals surface area contributed by atoms with Gasteiger partial charge in [0.2, 0.25) is 0 Å². The van der Waals surface area contributed by atoms with Crippen LogP contribution in [-0.2, 0) is 0 Å². The molecule has 0 saturated heterocycles. The van der Waals surface area contributed by atoms with Gasteiger partial charge in [0.15, 0.2) is 0 Å². The largest absolute Gasteiger partial charge is 0.389 e. The highest BCUT2D eigenvalue weighted by atomic mass is 79.9. The zero-order chi connectivity index (χ0) is 14.7. The van der Waals surface area contributed by atoms with Crippen molar-refractivity contribution in [1.29, 1.82) is 0 Å². The van der Waals surface area contributed by atoms with Gasteiger partial charge in [0, 0.05) is 16.2 Å². The maximum Gasteiger partial charge on any atom is 0.274 e. The molecule has 1 aromatic heterocycles. The summed E-state index contributed by atoms with van der Waals surface area (Å²) >= 11 is 8.06. The lowest BCUT2D eigenvalue weighted by Gasteiger charge is -2.10. The minimum Gasteiger partial charge on any atom is -0.389 e. The molecule has 0 atom stereocenters. The molecule has 0 saturated carbocycles. The Balaban J connectivity index is 2.28. The first kappa shape index (κ1) is 14.5. The van der Waals surface area contributed by atoms with Crippen molar-refractivity contribution in [1.82, 2.24) is 4.98 Å².